The number of benzene rings is 2. The highest BCUT2D eigenvalue weighted by Gasteiger charge is 2.35. The Morgan fingerprint density at radius 3 is 2.43 bits per heavy atom. The Bertz CT molecular complexity index is 1110. The van der Waals surface area contributed by atoms with Gasteiger partial charge in [-0.3, -0.25) is 14.5 Å². The summed E-state index contributed by atoms with van der Waals surface area (Å²) in [6, 6.07) is 14.6. The number of rotatable bonds is 6. The van der Waals surface area contributed by atoms with E-state index in [9.17, 15) is 22.8 Å². The van der Waals surface area contributed by atoms with Crippen molar-refractivity contribution in [1.82, 2.24) is 15.5 Å². The molecule has 0 unspecified atom stereocenters. The van der Waals surface area contributed by atoms with Crippen LogP contribution in [0, 0.1) is 11.3 Å². The highest BCUT2D eigenvalue weighted by molar-refractivity contribution is 5.96. The second-order valence-corrected chi connectivity index (χ2v) is 9.22. The SMILES string of the molecule is N#Cc1cccc([C@H]2CC[C@@H](N3CC(NC(=O)CNC(=O)c4cccc(C(F)(F)F)c4)C3)CC2)c1. The Balaban J connectivity index is 1.16. The summed E-state index contributed by atoms with van der Waals surface area (Å²) in [6.45, 7) is 1.19. The monoisotopic (exact) mass is 484 g/mol. The molecule has 1 saturated heterocycles. The molecule has 2 N–H and O–H groups in total. The van der Waals surface area contributed by atoms with Crippen LogP contribution in [0.1, 0.15) is 58.6 Å². The van der Waals surface area contributed by atoms with Gasteiger partial charge in [-0.15, -0.1) is 0 Å². The number of hydrogen-bond acceptors (Lipinski definition) is 4. The average molecular weight is 485 g/mol. The summed E-state index contributed by atoms with van der Waals surface area (Å²) >= 11 is 0. The molecule has 2 aliphatic rings. The second kappa shape index (κ2) is 10.5. The molecule has 2 fully saturated rings. The fourth-order valence-electron chi connectivity index (χ4n) is 4.92. The molecule has 4 rings (SSSR count). The second-order valence-electron chi connectivity index (χ2n) is 9.22. The maximum atomic E-state index is 12.8. The van der Waals surface area contributed by atoms with Gasteiger partial charge in [0.25, 0.3) is 5.91 Å². The summed E-state index contributed by atoms with van der Waals surface area (Å²) in [6.07, 6.45) is -0.279. The number of likely N-dealkylation sites (tertiary alicyclic amines) is 1. The van der Waals surface area contributed by atoms with Gasteiger partial charge in [0, 0.05) is 24.7 Å². The van der Waals surface area contributed by atoms with Gasteiger partial charge < -0.3 is 10.6 Å². The zero-order chi connectivity index (χ0) is 25.0. The molecule has 2 aromatic rings. The smallest absolute Gasteiger partial charge is 0.349 e. The maximum Gasteiger partial charge on any atom is 0.416 e. The van der Waals surface area contributed by atoms with Crippen LogP contribution in [0.15, 0.2) is 48.5 Å². The van der Waals surface area contributed by atoms with Crippen LogP contribution < -0.4 is 10.6 Å². The van der Waals surface area contributed by atoms with E-state index in [0.29, 0.717) is 17.5 Å². The van der Waals surface area contributed by atoms with Gasteiger partial charge in [-0.05, 0) is 67.5 Å². The summed E-state index contributed by atoms with van der Waals surface area (Å²) in [5.74, 6) is -0.619. The van der Waals surface area contributed by atoms with E-state index in [2.05, 4.69) is 27.7 Å². The van der Waals surface area contributed by atoms with Gasteiger partial charge in [-0.25, -0.2) is 0 Å². The molecule has 0 atom stereocenters. The van der Waals surface area contributed by atoms with Crippen molar-refractivity contribution in [1.29, 1.82) is 5.26 Å². The first-order chi connectivity index (χ1) is 16.7. The first kappa shape index (κ1) is 24.7. The van der Waals surface area contributed by atoms with Crippen molar-refractivity contribution >= 4 is 11.8 Å². The van der Waals surface area contributed by atoms with Crippen molar-refractivity contribution in [2.45, 2.75) is 49.9 Å². The minimum absolute atomic E-state index is 0.00186. The van der Waals surface area contributed by atoms with Crippen LogP contribution in [0.25, 0.3) is 0 Å². The lowest BCUT2D eigenvalue weighted by molar-refractivity contribution is -0.137. The molecule has 1 heterocycles. The van der Waals surface area contributed by atoms with Crippen molar-refractivity contribution < 1.29 is 22.8 Å². The summed E-state index contributed by atoms with van der Waals surface area (Å²) in [5.41, 5.74) is 0.867. The van der Waals surface area contributed by atoms with E-state index >= 15 is 0 Å². The summed E-state index contributed by atoms with van der Waals surface area (Å²) < 4.78 is 38.4. The maximum absolute atomic E-state index is 12.8. The number of carbonyl (C=O) groups is 2. The topological polar surface area (TPSA) is 85.2 Å². The lowest BCUT2D eigenvalue weighted by Gasteiger charge is -2.46. The zero-order valence-corrected chi connectivity index (χ0v) is 19.1. The lowest BCUT2D eigenvalue weighted by Crippen LogP contribution is -2.63. The Kier molecular flexibility index (Phi) is 7.41. The minimum Gasteiger partial charge on any atom is -0.349 e. The third kappa shape index (κ3) is 6.20. The van der Waals surface area contributed by atoms with E-state index in [1.807, 2.05) is 18.2 Å². The number of carbonyl (C=O) groups excluding carboxylic acids is 2. The highest BCUT2D eigenvalue weighted by Crippen LogP contribution is 2.36. The van der Waals surface area contributed by atoms with Gasteiger partial charge in [0.05, 0.1) is 29.8 Å². The molecule has 0 bridgehead atoms. The molecule has 1 aliphatic heterocycles. The van der Waals surface area contributed by atoms with Crippen molar-refractivity contribution in [3.63, 3.8) is 0 Å². The Morgan fingerprint density at radius 1 is 1.03 bits per heavy atom. The van der Waals surface area contributed by atoms with E-state index < -0.39 is 17.6 Å². The summed E-state index contributed by atoms with van der Waals surface area (Å²) in [7, 11) is 0. The molecule has 0 spiro atoms. The molecule has 2 amide bonds. The molecule has 1 aliphatic carbocycles. The van der Waals surface area contributed by atoms with E-state index in [1.54, 1.807) is 0 Å². The Hall–Kier alpha value is -3.38. The van der Waals surface area contributed by atoms with Gasteiger partial charge in [0.2, 0.25) is 5.91 Å². The number of nitrogens with zero attached hydrogens (tertiary/aromatic N) is 2. The third-order valence-corrected chi connectivity index (χ3v) is 6.84. The standard InChI is InChI=1S/C26H27F3N4O2/c27-26(28,29)21-6-2-5-20(12-21)25(35)31-14-24(34)32-22-15-33(16-22)23-9-7-18(8-10-23)19-4-1-3-17(11-19)13-30/h1-6,11-12,18,22-23H,7-10,14-16H2,(H,31,35)(H,32,34)/t18-,23+. The molecule has 0 aromatic heterocycles. The predicted molar refractivity (Wildman–Crippen MR) is 123 cm³/mol. The number of alkyl halides is 3. The van der Waals surface area contributed by atoms with Crippen LogP contribution in [-0.4, -0.2) is 48.4 Å². The van der Waals surface area contributed by atoms with E-state index in [-0.39, 0.29) is 24.1 Å². The minimum atomic E-state index is -4.54. The van der Waals surface area contributed by atoms with Gasteiger partial charge in [-0.1, -0.05) is 18.2 Å². The molecule has 2 aromatic carbocycles. The van der Waals surface area contributed by atoms with Crippen LogP contribution >= 0.6 is 0 Å². The highest BCUT2D eigenvalue weighted by atomic mass is 19.4. The molecule has 9 heteroatoms. The quantitative estimate of drug-likeness (QED) is 0.653. The van der Waals surface area contributed by atoms with Gasteiger partial charge in [-0.2, -0.15) is 18.4 Å². The van der Waals surface area contributed by atoms with Crippen LogP contribution in [0.5, 0.6) is 0 Å². The van der Waals surface area contributed by atoms with Gasteiger partial charge in [0.15, 0.2) is 0 Å². The van der Waals surface area contributed by atoms with E-state index in [4.69, 9.17) is 5.26 Å². The number of halogens is 3. The van der Waals surface area contributed by atoms with Crippen molar-refractivity contribution in [2.75, 3.05) is 19.6 Å². The summed E-state index contributed by atoms with van der Waals surface area (Å²) in [5, 5.41) is 14.4. The summed E-state index contributed by atoms with van der Waals surface area (Å²) in [4.78, 5) is 26.7. The number of nitriles is 1. The van der Waals surface area contributed by atoms with Crippen molar-refractivity contribution in [2.24, 2.45) is 0 Å². The zero-order valence-electron chi connectivity index (χ0n) is 19.1. The van der Waals surface area contributed by atoms with Gasteiger partial charge >= 0.3 is 6.18 Å². The molecular formula is C26H27F3N4O2. The van der Waals surface area contributed by atoms with E-state index in [0.717, 1.165) is 57.0 Å². The van der Waals surface area contributed by atoms with Crippen LogP contribution in [0.3, 0.4) is 0 Å². The van der Waals surface area contributed by atoms with Gasteiger partial charge in [0.1, 0.15) is 0 Å². The van der Waals surface area contributed by atoms with Crippen LogP contribution in [0.2, 0.25) is 0 Å². The fraction of sp³-hybridized carbons (Fsp3) is 0.423. The first-order valence-corrected chi connectivity index (χ1v) is 11.7. The number of hydrogen-bond donors (Lipinski definition) is 2. The van der Waals surface area contributed by atoms with E-state index in [1.165, 1.54) is 11.6 Å². The number of nitrogens with one attached hydrogen (secondary N) is 2. The molecule has 0 radical (unpaired) electrons. The number of amides is 2. The molecule has 184 valence electrons. The first-order valence-electron chi connectivity index (χ1n) is 11.7. The predicted octanol–water partition coefficient (Wildman–Crippen LogP) is 3.83. The largest absolute Gasteiger partial charge is 0.416 e. The Labute approximate surface area is 202 Å². The van der Waals surface area contributed by atoms with Crippen LogP contribution in [0.4, 0.5) is 13.2 Å². The normalized spacial score (nSPS) is 21.0. The average Bonchev–Trinajstić information content (AvgIpc) is 2.84. The Morgan fingerprint density at radius 2 is 1.74 bits per heavy atom. The molecule has 6 nitrogen and oxygen atoms in total. The molecular weight excluding hydrogens is 457 g/mol. The molecule has 35 heavy (non-hydrogen) atoms. The fourth-order valence-corrected chi connectivity index (χ4v) is 4.92. The molecule has 1 saturated carbocycles. The lowest BCUT2D eigenvalue weighted by atomic mass is 9.80. The van der Waals surface area contributed by atoms with Crippen LogP contribution in [-0.2, 0) is 11.0 Å². The van der Waals surface area contributed by atoms with Crippen molar-refractivity contribution in [3.05, 3.63) is 70.8 Å². The van der Waals surface area contributed by atoms with Crippen molar-refractivity contribution in [3.8, 4) is 6.07 Å². The third-order valence-electron chi connectivity index (χ3n) is 6.84.